The Bertz CT molecular complexity index is 356. The third-order valence-corrected chi connectivity index (χ3v) is 3.43. The number of benzene rings is 1. The van der Waals surface area contributed by atoms with Crippen LogP contribution in [-0.4, -0.2) is 19.2 Å². The van der Waals surface area contributed by atoms with Crippen LogP contribution in [0.4, 0.5) is 4.39 Å². The first-order valence-corrected chi connectivity index (χ1v) is 6.33. The van der Waals surface area contributed by atoms with Gasteiger partial charge in [0, 0.05) is 6.04 Å². The zero-order valence-electron chi connectivity index (χ0n) is 10.3. The normalized spacial score (nSPS) is 24.8. The van der Waals surface area contributed by atoms with Gasteiger partial charge in [0.25, 0.3) is 0 Å². The van der Waals surface area contributed by atoms with Gasteiger partial charge in [0.15, 0.2) is 0 Å². The first-order valence-electron chi connectivity index (χ1n) is 6.33. The maximum Gasteiger partial charge on any atom is 0.123 e. The van der Waals surface area contributed by atoms with Crippen molar-refractivity contribution in [2.24, 2.45) is 0 Å². The van der Waals surface area contributed by atoms with Crippen molar-refractivity contribution in [1.29, 1.82) is 0 Å². The fourth-order valence-corrected chi connectivity index (χ4v) is 2.46. The molecule has 3 heteroatoms. The predicted molar refractivity (Wildman–Crippen MR) is 66.3 cm³/mol. The van der Waals surface area contributed by atoms with E-state index in [-0.39, 0.29) is 11.9 Å². The Balaban J connectivity index is 1.88. The van der Waals surface area contributed by atoms with E-state index in [0.29, 0.717) is 12.6 Å². The lowest BCUT2D eigenvalue weighted by atomic mass is 9.92. The SMILES string of the molecule is CNC1CCCCC1OCc1cccc(F)c1. The van der Waals surface area contributed by atoms with Crippen molar-refractivity contribution >= 4 is 0 Å². The van der Waals surface area contributed by atoms with E-state index in [1.165, 1.54) is 31.4 Å². The molecule has 2 nitrogen and oxygen atoms in total. The van der Waals surface area contributed by atoms with Crippen molar-refractivity contribution in [3.63, 3.8) is 0 Å². The van der Waals surface area contributed by atoms with Crippen LogP contribution in [-0.2, 0) is 11.3 Å². The summed E-state index contributed by atoms with van der Waals surface area (Å²) in [5, 5.41) is 3.30. The summed E-state index contributed by atoms with van der Waals surface area (Å²) >= 11 is 0. The molecule has 1 N–H and O–H groups in total. The van der Waals surface area contributed by atoms with Crippen LogP contribution >= 0.6 is 0 Å². The third-order valence-electron chi connectivity index (χ3n) is 3.43. The van der Waals surface area contributed by atoms with Crippen molar-refractivity contribution in [1.82, 2.24) is 5.32 Å². The third kappa shape index (κ3) is 3.51. The average molecular weight is 237 g/mol. The molecule has 2 atom stereocenters. The summed E-state index contributed by atoms with van der Waals surface area (Å²) in [6.45, 7) is 0.501. The summed E-state index contributed by atoms with van der Waals surface area (Å²) in [5.74, 6) is -0.195. The van der Waals surface area contributed by atoms with Gasteiger partial charge in [-0.2, -0.15) is 0 Å². The highest BCUT2D eigenvalue weighted by atomic mass is 19.1. The van der Waals surface area contributed by atoms with Crippen LogP contribution in [0.25, 0.3) is 0 Å². The van der Waals surface area contributed by atoms with Gasteiger partial charge in [0.2, 0.25) is 0 Å². The van der Waals surface area contributed by atoms with Gasteiger partial charge in [-0.05, 0) is 37.6 Å². The summed E-state index contributed by atoms with van der Waals surface area (Å²) < 4.78 is 18.9. The molecule has 0 spiro atoms. The molecule has 1 aromatic carbocycles. The minimum Gasteiger partial charge on any atom is -0.372 e. The van der Waals surface area contributed by atoms with E-state index >= 15 is 0 Å². The van der Waals surface area contributed by atoms with Crippen LogP contribution < -0.4 is 5.32 Å². The molecule has 2 unspecified atom stereocenters. The Kier molecular flexibility index (Phi) is 4.51. The van der Waals surface area contributed by atoms with Crippen LogP contribution in [0.2, 0.25) is 0 Å². The van der Waals surface area contributed by atoms with Crippen molar-refractivity contribution in [2.75, 3.05) is 7.05 Å². The number of rotatable bonds is 4. The summed E-state index contributed by atoms with van der Waals surface area (Å²) in [7, 11) is 1.98. The topological polar surface area (TPSA) is 21.3 Å². The van der Waals surface area contributed by atoms with Gasteiger partial charge in [-0.1, -0.05) is 25.0 Å². The van der Waals surface area contributed by atoms with Crippen LogP contribution in [0.3, 0.4) is 0 Å². The molecule has 17 heavy (non-hydrogen) atoms. The summed E-state index contributed by atoms with van der Waals surface area (Å²) in [4.78, 5) is 0. The minimum absolute atomic E-state index is 0.195. The Morgan fingerprint density at radius 3 is 2.94 bits per heavy atom. The largest absolute Gasteiger partial charge is 0.372 e. The standard InChI is InChI=1S/C14H20FNO/c1-16-13-7-2-3-8-14(13)17-10-11-5-4-6-12(15)9-11/h4-6,9,13-14,16H,2-3,7-8,10H2,1H3. The fourth-order valence-electron chi connectivity index (χ4n) is 2.46. The Morgan fingerprint density at radius 2 is 2.18 bits per heavy atom. The lowest BCUT2D eigenvalue weighted by Crippen LogP contribution is -2.41. The molecule has 0 heterocycles. The number of ether oxygens (including phenoxy) is 1. The lowest BCUT2D eigenvalue weighted by Gasteiger charge is -2.31. The van der Waals surface area contributed by atoms with Crippen molar-refractivity contribution in [2.45, 2.75) is 44.4 Å². The van der Waals surface area contributed by atoms with Crippen LogP contribution in [0.15, 0.2) is 24.3 Å². The van der Waals surface area contributed by atoms with Gasteiger partial charge in [-0.3, -0.25) is 0 Å². The van der Waals surface area contributed by atoms with E-state index < -0.39 is 0 Å². The number of halogens is 1. The molecule has 0 radical (unpaired) electrons. The van der Waals surface area contributed by atoms with Gasteiger partial charge < -0.3 is 10.1 Å². The molecule has 0 saturated heterocycles. The maximum absolute atomic E-state index is 13.0. The van der Waals surface area contributed by atoms with E-state index in [4.69, 9.17) is 4.74 Å². The molecular formula is C14H20FNO. The number of likely N-dealkylation sites (N-methyl/N-ethyl adjacent to an activating group) is 1. The van der Waals surface area contributed by atoms with Crippen LogP contribution in [0.5, 0.6) is 0 Å². The van der Waals surface area contributed by atoms with E-state index in [1.54, 1.807) is 6.07 Å². The molecule has 0 aliphatic heterocycles. The number of nitrogens with one attached hydrogen (secondary N) is 1. The summed E-state index contributed by atoms with van der Waals surface area (Å²) in [6, 6.07) is 7.07. The monoisotopic (exact) mass is 237 g/mol. The smallest absolute Gasteiger partial charge is 0.123 e. The highest BCUT2D eigenvalue weighted by Crippen LogP contribution is 2.22. The van der Waals surface area contributed by atoms with Gasteiger partial charge in [-0.15, -0.1) is 0 Å². The summed E-state index contributed by atoms with van der Waals surface area (Å²) in [5.41, 5.74) is 0.908. The molecule has 0 amide bonds. The van der Waals surface area contributed by atoms with Crippen molar-refractivity contribution < 1.29 is 9.13 Å². The molecule has 2 rings (SSSR count). The number of hydrogen-bond donors (Lipinski definition) is 1. The van der Waals surface area contributed by atoms with E-state index in [0.717, 1.165) is 12.0 Å². The molecule has 1 aliphatic rings. The first-order chi connectivity index (χ1) is 8.29. The zero-order chi connectivity index (χ0) is 12.1. The van der Waals surface area contributed by atoms with E-state index in [1.807, 2.05) is 13.1 Å². The molecule has 1 aromatic rings. The second-order valence-corrected chi connectivity index (χ2v) is 4.66. The quantitative estimate of drug-likeness (QED) is 0.869. The highest BCUT2D eigenvalue weighted by molar-refractivity contribution is 5.15. The fraction of sp³-hybridized carbons (Fsp3) is 0.571. The molecule has 0 bridgehead atoms. The van der Waals surface area contributed by atoms with E-state index in [9.17, 15) is 4.39 Å². The van der Waals surface area contributed by atoms with Gasteiger partial charge in [-0.25, -0.2) is 4.39 Å². The van der Waals surface area contributed by atoms with Gasteiger partial charge in [0.05, 0.1) is 12.7 Å². The van der Waals surface area contributed by atoms with Crippen molar-refractivity contribution in [3.8, 4) is 0 Å². The lowest BCUT2D eigenvalue weighted by molar-refractivity contribution is -0.00369. The average Bonchev–Trinajstić information content (AvgIpc) is 2.37. The minimum atomic E-state index is -0.195. The predicted octanol–water partition coefficient (Wildman–Crippen LogP) is 2.87. The van der Waals surface area contributed by atoms with Gasteiger partial charge in [0.1, 0.15) is 5.82 Å². The molecule has 94 valence electrons. The van der Waals surface area contributed by atoms with Crippen molar-refractivity contribution in [3.05, 3.63) is 35.6 Å². The maximum atomic E-state index is 13.0. The summed E-state index contributed by atoms with van der Waals surface area (Å²) in [6.07, 6.45) is 5.03. The molecule has 1 fully saturated rings. The molecule has 1 aliphatic carbocycles. The second kappa shape index (κ2) is 6.12. The highest BCUT2D eigenvalue weighted by Gasteiger charge is 2.24. The second-order valence-electron chi connectivity index (χ2n) is 4.66. The van der Waals surface area contributed by atoms with E-state index in [2.05, 4.69) is 5.32 Å². The van der Waals surface area contributed by atoms with Crippen LogP contribution in [0, 0.1) is 5.82 Å². The molecular weight excluding hydrogens is 217 g/mol. The Morgan fingerprint density at radius 1 is 1.35 bits per heavy atom. The Labute approximate surface area is 102 Å². The Hall–Kier alpha value is -0.930. The van der Waals surface area contributed by atoms with Gasteiger partial charge >= 0.3 is 0 Å². The van der Waals surface area contributed by atoms with Crippen LogP contribution in [0.1, 0.15) is 31.2 Å². The molecule has 0 aromatic heterocycles. The number of hydrogen-bond acceptors (Lipinski definition) is 2. The zero-order valence-corrected chi connectivity index (χ0v) is 10.3. The molecule has 1 saturated carbocycles. The first kappa shape index (κ1) is 12.5.